The van der Waals surface area contributed by atoms with Crippen molar-refractivity contribution in [1.29, 1.82) is 0 Å². The molecule has 0 N–H and O–H groups in total. The Morgan fingerprint density at radius 1 is 1.33 bits per heavy atom. The Labute approximate surface area is 93.4 Å². The van der Waals surface area contributed by atoms with Crippen molar-refractivity contribution in [3.8, 4) is 0 Å². The van der Waals surface area contributed by atoms with Crippen molar-refractivity contribution in [2.24, 2.45) is 0 Å². The van der Waals surface area contributed by atoms with Gasteiger partial charge in [-0.1, -0.05) is 6.92 Å². The monoisotopic (exact) mass is 212 g/mol. The summed E-state index contributed by atoms with van der Waals surface area (Å²) >= 11 is 0. The van der Waals surface area contributed by atoms with Crippen molar-refractivity contribution in [3.05, 3.63) is 0 Å². The number of rotatable bonds is 1. The van der Waals surface area contributed by atoms with E-state index in [0.29, 0.717) is 12.5 Å². The van der Waals surface area contributed by atoms with Crippen molar-refractivity contribution in [2.75, 3.05) is 19.6 Å². The summed E-state index contributed by atoms with van der Waals surface area (Å²) in [6.45, 7) is 13.6. The van der Waals surface area contributed by atoms with Gasteiger partial charge in [-0.3, -0.25) is 9.69 Å². The second kappa shape index (κ2) is 4.52. The molecule has 1 aliphatic rings. The summed E-state index contributed by atoms with van der Waals surface area (Å²) in [6.07, 6.45) is 0.627. The number of hydrogen-bond donors (Lipinski definition) is 0. The number of carbonyl (C=O) groups is 1. The third-order valence-corrected chi connectivity index (χ3v) is 3.14. The van der Waals surface area contributed by atoms with Crippen LogP contribution in [0.5, 0.6) is 0 Å². The lowest BCUT2D eigenvalue weighted by molar-refractivity contribution is -0.135. The van der Waals surface area contributed by atoms with E-state index < -0.39 is 0 Å². The summed E-state index contributed by atoms with van der Waals surface area (Å²) in [4.78, 5) is 16.0. The van der Waals surface area contributed by atoms with Crippen LogP contribution in [0.4, 0.5) is 0 Å². The van der Waals surface area contributed by atoms with E-state index in [1.54, 1.807) is 0 Å². The van der Waals surface area contributed by atoms with Crippen molar-refractivity contribution in [2.45, 2.75) is 52.6 Å². The number of hydrogen-bond acceptors (Lipinski definition) is 2. The molecule has 1 saturated heterocycles. The molecule has 0 radical (unpaired) electrons. The molecular weight excluding hydrogens is 188 g/mol. The molecule has 15 heavy (non-hydrogen) atoms. The fraction of sp³-hybridized carbons (Fsp3) is 0.917. The van der Waals surface area contributed by atoms with E-state index in [1.807, 2.05) is 11.8 Å². The first-order valence-corrected chi connectivity index (χ1v) is 5.90. The molecule has 1 aliphatic heterocycles. The normalized spacial score (nSPS) is 24.3. The highest BCUT2D eigenvalue weighted by Crippen LogP contribution is 2.20. The lowest BCUT2D eigenvalue weighted by atomic mass is 10.0. The zero-order valence-electron chi connectivity index (χ0n) is 10.7. The smallest absolute Gasteiger partial charge is 0.222 e. The minimum atomic E-state index is 0.209. The average molecular weight is 212 g/mol. The van der Waals surface area contributed by atoms with Gasteiger partial charge in [0.25, 0.3) is 0 Å². The Balaban J connectivity index is 2.59. The highest BCUT2D eigenvalue weighted by Gasteiger charge is 2.32. The molecular formula is C12H24N2O. The highest BCUT2D eigenvalue weighted by molar-refractivity contribution is 5.75. The Morgan fingerprint density at radius 3 is 2.33 bits per heavy atom. The number of carbonyl (C=O) groups excluding carboxylic acids is 1. The van der Waals surface area contributed by atoms with Gasteiger partial charge < -0.3 is 4.90 Å². The summed E-state index contributed by atoms with van der Waals surface area (Å²) in [6, 6.07) is 0.467. The summed E-state index contributed by atoms with van der Waals surface area (Å²) in [7, 11) is 0. The lowest BCUT2D eigenvalue weighted by Crippen LogP contribution is -2.59. The predicted molar refractivity (Wildman–Crippen MR) is 62.8 cm³/mol. The van der Waals surface area contributed by atoms with Crippen molar-refractivity contribution in [1.82, 2.24) is 9.80 Å². The molecule has 3 heteroatoms. The van der Waals surface area contributed by atoms with Crippen LogP contribution in [0.3, 0.4) is 0 Å². The van der Waals surface area contributed by atoms with Crippen LogP contribution in [0.15, 0.2) is 0 Å². The molecule has 0 aliphatic carbocycles. The van der Waals surface area contributed by atoms with Gasteiger partial charge in [-0.05, 0) is 27.7 Å². The molecule has 0 unspecified atom stereocenters. The zero-order chi connectivity index (χ0) is 11.6. The molecule has 0 aromatic carbocycles. The molecule has 1 rings (SSSR count). The first-order chi connectivity index (χ1) is 6.86. The summed E-state index contributed by atoms with van der Waals surface area (Å²) in [5.74, 6) is 0.287. The first kappa shape index (κ1) is 12.5. The van der Waals surface area contributed by atoms with Gasteiger partial charge in [0.05, 0.1) is 0 Å². The molecule has 0 aromatic heterocycles. The fourth-order valence-electron chi connectivity index (χ4n) is 2.40. The number of amides is 1. The van der Waals surface area contributed by atoms with Crippen LogP contribution in [0.25, 0.3) is 0 Å². The van der Waals surface area contributed by atoms with Crippen LogP contribution in [-0.4, -0.2) is 46.9 Å². The first-order valence-electron chi connectivity index (χ1n) is 5.90. The van der Waals surface area contributed by atoms with Crippen molar-refractivity contribution < 1.29 is 4.79 Å². The topological polar surface area (TPSA) is 23.6 Å². The zero-order valence-corrected chi connectivity index (χ0v) is 10.7. The van der Waals surface area contributed by atoms with Crippen LogP contribution in [0.2, 0.25) is 0 Å². The molecule has 0 bridgehead atoms. The van der Waals surface area contributed by atoms with Crippen LogP contribution >= 0.6 is 0 Å². The Bertz CT molecular complexity index is 232. The Morgan fingerprint density at radius 2 is 1.93 bits per heavy atom. The van der Waals surface area contributed by atoms with Gasteiger partial charge in [-0.25, -0.2) is 0 Å². The van der Waals surface area contributed by atoms with Crippen LogP contribution < -0.4 is 0 Å². The maximum atomic E-state index is 11.6. The van der Waals surface area contributed by atoms with E-state index in [1.165, 1.54) is 0 Å². The lowest BCUT2D eigenvalue weighted by Gasteiger charge is -2.46. The second-order valence-electron chi connectivity index (χ2n) is 5.41. The minimum absolute atomic E-state index is 0.209. The fourth-order valence-corrected chi connectivity index (χ4v) is 2.40. The highest BCUT2D eigenvalue weighted by atomic mass is 16.2. The summed E-state index contributed by atoms with van der Waals surface area (Å²) < 4.78 is 0. The van der Waals surface area contributed by atoms with Crippen molar-refractivity contribution in [3.63, 3.8) is 0 Å². The minimum Gasteiger partial charge on any atom is -0.340 e. The molecule has 1 heterocycles. The van der Waals surface area contributed by atoms with Gasteiger partial charge in [0.1, 0.15) is 0 Å². The number of piperazine rings is 1. The summed E-state index contributed by atoms with van der Waals surface area (Å²) in [5.41, 5.74) is 0.209. The second-order valence-corrected chi connectivity index (χ2v) is 5.41. The van der Waals surface area contributed by atoms with Crippen LogP contribution in [-0.2, 0) is 4.79 Å². The van der Waals surface area contributed by atoms with Crippen molar-refractivity contribution >= 4 is 5.91 Å². The van der Waals surface area contributed by atoms with E-state index in [-0.39, 0.29) is 11.4 Å². The third kappa shape index (κ3) is 2.94. The molecule has 3 nitrogen and oxygen atoms in total. The van der Waals surface area contributed by atoms with E-state index in [4.69, 9.17) is 0 Å². The maximum Gasteiger partial charge on any atom is 0.222 e. The Hall–Kier alpha value is -0.570. The van der Waals surface area contributed by atoms with Crippen LogP contribution in [0.1, 0.15) is 41.0 Å². The van der Waals surface area contributed by atoms with Gasteiger partial charge in [0, 0.05) is 37.6 Å². The van der Waals surface area contributed by atoms with Gasteiger partial charge >= 0.3 is 0 Å². The molecule has 0 aromatic rings. The van der Waals surface area contributed by atoms with Gasteiger partial charge in [-0.15, -0.1) is 0 Å². The van der Waals surface area contributed by atoms with Gasteiger partial charge in [0.2, 0.25) is 5.91 Å². The van der Waals surface area contributed by atoms with Crippen LogP contribution in [0, 0.1) is 0 Å². The van der Waals surface area contributed by atoms with E-state index in [0.717, 1.165) is 19.6 Å². The van der Waals surface area contributed by atoms with E-state index in [2.05, 4.69) is 32.6 Å². The molecule has 0 spiro atoms. The van der Waals surface area contributed by atoms with Gasteiger partial charge in [0.15, 0.2) is 0 Å². The van der Waals surface area contributed by atoms with Gasteiger partial charge in [-0.2, -0.15) is 0 Å². The maximum absolute atomic E-state index is 11.6. The average Bonchev–Trinajstić information content (AvgIpc) is 2.14. The molecule has 0 saturated carbocycles. The quantitative estimate of drug-likeness (QED) is 0.661. The van der Waals surface area contributed by atoms with E-state index >= 15 is 0 Å². The third-order valence-electron chi connectivity index (χ3n) is 3.14. The molecule has 88 valence electrons. The number of nitrogens with zero attached hydrogens (tertiary/aromatic N) is 2. The SMILES string of the molecule is CCC(=O)N1CCN(C(C)(C)C)[C@H](C)C1. The predicted octanol–water partition coefficient (Wildman–Crippen LogP) is 1.73. The largest absolute Gasteiger partial charge is 0.340 e. The summed E-state index contributed by atoms with van der Waals surface area (Å²) in [5, 5.41) is 0. The Kier molecular flexibility index (Phi) is 3.77. The standard InChI is InChI=1S/C12H24N2O/c1-6-11(15)13-7-8-14(10(2)9-13)12(3,4)5/h10H,6-9H2,1-5H3/t10-/m1/s1. The molecule has 1 atom stereocenters. The molecule has 1 amide bonds. The van der Waals surface area contributed by atoms with E-state index in [9.17, 15) is 4.79 Å². The molecule has 1 fully saturated rings.